The van der Waals surface area contributed by atoms with E-state index >= 15 is 0 Å². The van der Waals surface area contributed by atoms with Gasteiger partial charge in [0, 0.05) is 43.1 Å². The lowest BCUT2D eigenvalue weighted by atomic mass is 9.86. The van der Waals surface area contributed by atoms with Crippen LogP contribution in [0.25, 0.3) is 22.2 Å². The highest BCUT2D eigenvalue weighted by Crippen LogP contribution is 2.33. The van der Waals surface area contributed by atoms with Crippen molar-refractivity contribution in [3.05, 3.63) is 53.3 Å². The molecular weight excluding hydrogens is 366 g/mol. The minimum Gasteiger partial charge on any atom is -0.465 e. The summed E-state index contributed by atoms with van der Waals surface area (Å²) in [4.78, 5) is 21.8. The van der Waals surface area contributed by atoms with Gasteiger partial charge in [-0.3, -0.25) is 0 Å². The first kappa shape index (κ1) is 19.6. The maximum absolute atomic E-state index is 12.0. The lowest BCUT2D eigenvalue weighted by Gasteiger charge is -2.26. The van der Waals surface area contributed by atoms with Crippen LogP contribution in [0, 0.1) is 0 Å². The summed E-state index contributed by atoms with van der Waals surface area (Å²) < 4.78 is 10.4. The van der Waals surface area contributed by atoms with Crippen molar-refractivity contribution in [3.63, 3.8) is 0 Å². The van der Waals surface area contributed by atoms with Crippen molar-refractivity contribution in [3.8, 4) is 11.1 Å². The van der Waals surface area contributed by atoms with E-state index in [0.717, 1.165) is 49.1 Å². The molecule has 1 N–H and O–H groups in total. The number of carbonyl (C=O) groups is 1. The van der Waals surface area contributed by atoms with Crippen molar-refractivity contribution in [2.75, 3.05) is 34.4 Å². The highest BCUT2D eigenvalue weighted by molar-refractivity contribution is 6.04. The summed E-state index contributed by atoms with van der Waals surface area (Å²) in [5, 5.41) is 0.775. The van der Waals surface area contributed by atoms with Crippen molar-refractivity contribution >= 4 is 17.0 Å². The second-order valence-electron chi connectivity index (χ2n) is 7.85. The van der Waals surface area contributed by atoms with Crippen molar-refractivity contribution in [1.29, 1.82) is 0 Å². The maximum Gasteiger partial charge on any atom is 0.340 e. The van der Waals surface area contributed by atoms with E-state index in [-0.39, 0.29) is 5.97 Å². The van der Waals surface area contributed by atoms with Crippen molar-refractivity contribution in [1.82, 2.24) is 14.9 Å². The fraction of sp³-hybridized carbons (Fsp3) is 0.391. The molecule has 2 aromatic heterocycles. The summed E-state index contributed by atoms with van der Waals surface area (Å²) in [6, 6.07) is 8.69. The smallest absolute Gasteiger partial charge is 0.340 e. The van der Waals surface area contributed by atoms with E-state index in [0.29, 0.717) is 17.1 Å². The average molecular weight is 393 g/mol. The Labute approximate surface area is 170 Å². The maximum atomic E-state index is 12.0. The Morgan fingerprint density at radius 3 is 2.76 bits per heavy atom. The van der Waals surface area contributed by atoms with Crippen LogP contribution in [0.5, 0.6) is 0 Å². The van der Waals surface area contributed by atoms with E-state index in [9.17, 15) is 4.79 Å². The zero-order valence-corrected chi connectivity index (χ0v) is 17.2. The minimum atomic E-state index is -0.363. The summed E-state index contributed by atoms with van der Waals surface area (Å²) in [5.74, 6) is 0.183. The van der Waals surface area contributed by atoms with Gasteiger partial charge in [0.15, 0.2) is 0 Å². The molecule has 0 radical (unpaired) electrons. The first-order chi connectivity index (χ1) is 14.1. The SMILES string of the molecule is COC(=O)c1c[nH]c2ncc(-c3ccc(C4CCOCC4)c(CN(C)C)c3)cc12. The van der Waals surface area contributed by atoms with Gasteiger partial charge in [-0.15, -0.1) is 0 Å². The molecule has 1 aromatic carbocycles. The number of aromatic amines is 1. The van der Waals surface area contributed by atoms with Crippen LogP contribution >= 0.6 is 0 Å². The van der Waals surface area contributed by atoms with Crippen LogP contribution in [0.4, 0.5) is 0 Å². The number of hydrogen-bond donors (Lipinski definition) is 1. The molecule has 6 nitrogen and oxygen atoms in total. The van der Waals surface area contributed by atoms with Crippen molar-refractivity contribution in [2.24, 2.45) is 0 Å². The first-order valence-corrected chi connectivity index (χ1v) is 9.98. The predicted octanol–water partition coefficient (Wildman–Crippen LogP) is 3.97. The van der Waals surface area contributed by atoms with Crippen LogP contribution in [-0.2, 0) is 16.0 Å². The Morgan fingerprint density at radius 1 is 1.24 bits per heavy atom. The van der Waals surface area contributed by atoms with Crippen molar-refractivity contribution < 1.29 is 14.3 Å². The molecule has 0 saturated carbocycles. The van der Waals surface area contributed by atoms with E-state index in [1.807, 2.05) is 12.3 Å². The van der Waals surface area contributed by atoms with Gasteiger partial charge in [-0.1, -0.05) is 12.1 Å². The number of H-pyrrole nitrogens is 1. The Hall–Kier alpha value is -2.70. The molecule has 1 aliphatic rings. The molecule has 0 aliphatic carbocycles. The lowest BCUT2D eigenvalue weighted by molar-refractivity contribution is 0.0603. The third-order valence-corrected chi connectivity index (χ3v) is 5.56. The molecule has 1 fully saturated rings. The fourth-order valence-electron chi connectivity index (χ4n) is 4.11. The first-order valence-electron chi connectivity index (χ1n) is 9.98. The van der Waals surface area contributed by atoms with Gasteiger partial charge in [-0.05, 0) is 61.7 Å². The Morgan fingerprint density at radius 2 is 2.03 bits per heavy atom. The number of aromatic nitrogens is 2. The number of carbonyl (C=O) groups excluding carboxylic acids is 1. The van der Waals surface area contributed by atoms with Crippen LogP contribution in [0.1, 0.15) is 40.2 Å². The molecule has 6 heteroatoms. The zero-order chi connectivity index (χ0) is 20.4. The zero-order valence-electron chi connectivity index (χ0n) is 17.2. The summed E-state index contributed by atoms with van der Waals surface area (Å²) in [5.41, 5.74) is 6.02. The molecular formula is C23H27N3O3. The van der Waals surface area contributed by atoms with Gasteiger partial charge in [0.2, 0.25) is 0 Å². The van der Waals surface area contributed by atoms with Gasteiger partial charge in [0.05, 0.1) is 12.7 Å². The highest BCUT2D eigenvalue weighted by atomic mass is 16.5. The minimum absolute atomic E-state index is 0.363. The number of rotatable bonds is 5. The summed E-state index contributed by atoms with van der Waals surface area (Å²) in [6.07, 6.45) is 5.64. The fourth-order valence-corrected chi connectivity index (χ4v) is 4.11. The van der Waals surface area contributed by atoms with Crippen LogP contribution < -0.4 is 0 Å². The average Bonchev–Trinajstić information content (AvgIpc) is 3.16. The Kier molecular flexibility index (Phi) is 5.65. The molecule has 1 saturated heterocycles. The van der Waals surface area contributed by atoms with Crippen LogP contribution in [0.3, 0.4) is 0 Å². The number of nitrogens with one attached hydrogen (secondary N) is 1. The van der Waals surface area contributed by atoms with Crippen molar-refractivity contribution in [2.45, 2.75) is 25.3 Å². The Balaban J connectivity index is 1.75. The van der Waals surface area contributed by atoms with Crippen LogP contribution in [-0.4, -0.2) is 55.3 Å². The topological polar surface area (TPSA) is 67.5 Å². The summed E-state index contributed by atoms with van der Waals surface area (Å²) in [6.45, 7) is 2.55. The van der Waals surface area contributed by atoms with E-state index in [2.05, 4.69) is 47.2 Å². The van der Waals surface area contributed by atoms with Gasteiger partial charge in [-0.25, -0.2) is 9.78 Å². The third kappa shape index (κ3) is 4.04. The van der Waals surface area contributed by atoms with Gasteiger partial charge >= 0.3 is 5.97 Å². The van der Waals surface area contributed by atoms with E-state index in [4.69, 9.17) is 9.47 Å². The quantitative estimate of drug-likeness (QED) is 0.665. The summed E-state index contributed by atoms with van der Waals surface area (Å²) >= 11 is 0. The largest absolute Gasteiger partial charge is 0.465 e. The van der Waals surface area contributed by atoms with Gasteiger partial charge in [-0.2, -0.15) is 0 Å². The molecule has 3 aromatic rings. The number of hydrogen-bond acceptors (Lipinski definition) is 5. The number of nitrogens with zero attached hydrogens (tertiary/aromatic N) is 2. The second kappa shape index (κ2) is 8.35. The normalized spacial score (nSPS) is 15.2. The predicted molar refractivity (Wildman–Crippen MR) is 113 cm³/mol. The van der Waals surface area contributed by atoms with Crippen LogP contribution in [0.2, 0.25) is 0 Å². The molecule has 0 spiro atoms. The number of esters is 1. The molecule has 0 bridgehead atoms. The number of pyridine rings is 1. The van der Waals surface area contributed by atoms with Crippen LogP contribution in [0.15, 0.2) is 36.7 Å². The molecule has 3 heterocycles. The molecule has 1 aliphatic heterocycles. The molecule has 4 rings (SSSR count). The lowest BCUT2D eigenvalue weighted by Crippen LogP contribution is -2.18. The summed E-state index contributed by atoms with van der Waals surface area (Å²) in [7, 11) is 5.58. The number of ether oxygens (including phenoxy) is 2. The number of benzene rings is 1. The van der Waals surface area contributed by atoms with Gasteiger partial charge < -0.3 is 19.4 Å². The molecule has 0 unspecified atom stereocenters. The van der Waals surface area contributed by atoms with Gasteiger partial charge in [0.1, 0.15) is 5.65 Å². The highest BCUT2D eigenvalue weighted by Gasteiger charge is 2.20. The number of methoxy groups -OCH3 is 1. The molecule has 0 amide bonds. The number of fused-ring (bicyclic) bond motifs is 1. The molecule has 152 valence electrons. The Bertz CT molecular complexity index is 1020. The van der Waals surface area contributed by atoms with Gasteiger partial charge in [0.25, 0.3) is 0 Å². The molecule has 0 atom stereocenters. The monoisotopic (exact) mass is 393 g/mol. The second-order valence-corrected chi connectivity index (χ2v) is 7.85. The third-order valence-electron chi connectivity index (χ3n) is 5.56. The van der Waals surface area contributed by atoms with E-state index in [1.165, 1.54) is 18.2 Å². The molecule has 29 heavy (non-hydrogen) atoms. The van der Waals surface area contributed by atoms with E-state index < -0.39 is 0 Å². The standard InChI is InChI=1S/C23H27N3O3/c1-26(2)14-18-10-16(4-5-19(18)15-6-8-29-9-7-15)17-11-20-21(23(27)28-3)13-25-22(20)24-12-17/h4-5,10-13,15H,6-9,14H2,1-3H3,(H,24,25). The van der Waals surface area contributed by atoms with E-state index in [1.54, 1.807) is 6.20 Å².